The first-order chi connectivity index (χ1) is 7.27. The van der Waals surface area contributed by atoms with Crippen LogP contribution in [0, 0.1) is 0 Å². The second kappa shape index (κ2) is 6.85. The summed E-state index contributed by atoms with van der Waals surface area (Å²) in [7, 11) is 0. The second-order valence-electron chi connectivity index (χ2n) is 3.38. The topological polar surface area (TPSA) is 50.9 Å². The van der Waals surface area contributed by atoms with Crippen LogP contribution in [0.3, 0.4) is 0 Å². The van der Waals surface area contributed by atoms with Crippen LogP contribution in [-0.2, 0) is 6.54 Å². The first kappa shape index (κ1) is 12.5. The third-order valence-corrected chi connectivity index (χ3v) is 3.15. The van der Waals surface area contributed by atoms with Gasteiger partial charge in [0.1, 0.15) is 5.69 Å². The van der Waals surface area contributed by atoms with E-state index in [-0.39, 0.29) is 0 Å². The molecule has 0 spiro atoms. The summed E-state index contributed by atoms with van der Waals surface area (Å²) in [5, 5.41) is 17.5. The zero-order valence-electron chi connectivity index (χ0n) is 9.39. The van der Waals surface area contributed by atoms with E-state index in [9.17, 15) is 5.11 Å². The monoisotopic (exact) mass is 229 g/mol. The summed E-state index contributed by atoms with van der Waals surface area (Å²) in [5.41, 5.74) is 0.681. The average Bonchev–Trinajstić information content (AvgIpc) is 2.72. The van der Waals surface area contributed by atoms with Crippen molar-refractivity contribution in [2.45, 2.75) is 39.3 Å². The number of hydrogen-bond donors (Lipinski definition) is 1. The van der Waals surface area contributed by atoms with Crippen molar-refractivity contribution in [3.63, 3.8) is 0 Å². The molecule has 1 rings (SSSR count). The van der Waals surface area contributed by atoms with Gasteiger partial charge in [0, 0.05) is 6.54 Å². The summed E-state index contributed by atoms with van der Waals surface area (Å²) in [6, 6.07) is 0. The molecular formula is C10H19N3OS. The highest BCUT2D eigenvalue weighted by atomic mass is 32.2. The molecule has 0 aliphatic rings. The molecule has 1 N–H and O–H groups in total. The van der Waals surface area contributed by atoms with Crippen molar-refractivity contribution in [2.24, 2.45) is 0 Å². The number of aliphatic hydroxyl groups excluding tert-OH is 1. The van der Waals surface area contributed by atoms with Gasteiger partial charge in [0.05, 0.1) is 12.3 Å². The Labute approximate surface area is 95.1 Å². The molecule has 1 aromatic rings. The Balaban J connectivity index is 2.33. The van der Waals surface area contributed by atoms with Crippen molar-refractivity contribution in [2.75, 3.05) is 11.5 Å². The largest absolute Gasteiger partial charge is 0.387 e. The van der Waals surface area contributed by atoms with Crippen molar-refractivity contribution in [3.05, 3.63) is 11.9 Å². The first-order valence-electron chi connectivity index (χ1n) is 5.43. The van der Waals surface area contributed by atoms with Crippen LogP contribution in [0.4, 0.5) is 0 Å². The zero-order valence-corrected chi connectivity index (χ0v) is 10.2. The van der Waals surface area contributed by atoms with Crippen molar-refractivity contribution >= 4 is 11.8 Å². The van der Waals surface area contributed by atoms with Crippen LogP contribution in [0.25, 0.3) is 0 Å². The van der Waals surface area contributed by atoms with Gasteiger partial charge in [-0.05, 0) is 24.3 Å². The van der Waals surface area contributed by atoms with Gasteiger partial charge in [-0.15, -0.1) is 5.10 Å². The quantitative estimate of drug-likeness (QED) is 0.725. The van der Waals surface area contributed by atoms with E-state index >= 15 is 0 Å². The molecule has 86 valence electrons. The first-order valence-corrected chi connectivity index (χ1v) is 6.59. The maximum atomic E-state index is 9.53. The fraction of sp³-hybridized carbons (Fsp3) is 0.800. The lowest BCUT2D eigenvalue weighted by atomic mass is 10.2. The second-order valence-corrected chi connectivity index (χ2v) is 4.77. The van der Waals surface area contributed by atoms with Gasteiger partial charge in [0.25, 0.3) is 0 Å². The van der Waals surface area contributed by atoms with Gasteiger partial charge in [-0.25, -0.2) is 0 Å². The van der Waals surface area contributed by atoms with Crippen LogP contribution in [0.5, 0.6) is 0 Å². The fourth-order valence-corrected chi connectivity index (χ4v) is 1.88. The van der Waals surface area contributed by atoms with E-state index in [4.69, 9.17) is 0 Å². The normalized spacial score (nSPS) is 13.0. The molecule has 0 aliphatic heterocycles. The van der Waals surface area contributed by atoms with Crippen LogP contribution < -0.4 is 0 Å². The van der Waals surface area contributed by atoms with E-state index in [0.29, 0.717) is 12.1 Å². The molecule has 4 nitrogen and oxygen atoms in total. The Morgan fingerprint density at radius 2 is 2.33 bits per heavy atom. The summed E-state index contributed by atoms with van der Waals surface area (Å²) in [4.78, 5) is 0. The number of aryl methyl sites for hydroxylation is 1. The Hall–Kier alpha value is -0.550. The number of nitrogens with zero attached hydrogens (tertiary/aromatic N) is 3. The lowest BCUT2D eigenvalue weighted by Gasteiger charge is -2.01. The fourth-order valence-electron chi connectivity index (χ4n) is 1.26. The molecule has 15 heavy (non-hydrogen) atoms. The Morgan fingerprint density at radius 3 is 3.00 bits per heavy atom. The van der Waals surface area contributed by atoms with Crippen molar-refractivity contribution in [1.82, 2.24) is 15.0 Å². The smallest absolute Gasteiger partial charge is 0.111 e. The molecule has 0 amide bonds. The number of hydrogen-bond acceptors (Lipinski definition) is 4. The molecule has 5 heteroatoms. The van der Waals surface area contributed by atoms with Gasteiger partial charge in [0.2, 0.25) is 0 Å². The highest BCUT2D eigenvalue weighted by Crippen LogP contribution is 2.12. The summed E-state index contributed by atoms with van der Waals surface area (Å²) in [6.45, 7) is 4.98. The van der Waals surface area contributed by atoms with Gasteiger partial charge in [-0.1, -0.05) is 19.1 Å². The van der Waals surface area contributed by atoms with E-state index < -0.39 is 6.10 Å². The lowest BCUT2D eigenvalue weighted by Crippen LogP contribution is -2.00. The predicted molar refractivity (Wildman–Crippen MR) is 62.9 cm³/mol. The van der Waals surface area contributed by atoms with Gasteiger partial charge in [0.15, 0.2) is 0 Å². The molecule has 0 aromatic carbocycles. The molecule has 0 radical (unpaired) electrons. The van der Waals surface area contributed by atoms with Crippen molar-refractivity contribution in [1.29, 1.82) is 0 Å². The molecule has 0 bridgehead atoms. The highest BCUT2D eigenvalue weighted by Gasteiger charge is 2.08. The van der Waals surface area contributed by atoms with Crippen LogP contribution in [0.1, 0.15) is 38.5 Å². The number of thioether (sulfide) groups is 1. The third-order valence-electron chi connectivity index (χ3n) is 2.16. The van der Waals surface area contributed by atoms with Gasteiger partial charge >= 0.3 is 0 Å². The van der Waals surface area contributed by atoms with Crippen LogP contribution >= 0.6 is 11.8 Å². The maximum Gasteiger partial charge on any atom is 0.111 e. The van der Waals surface area contributed by atoms with E-state index in [1.807, 2.05) is 29.6 Å². The van der Waals surface area contributed by atoms with Crippen LogP contribution in [-0.4, -0.2) is 31.6 Å². The molecule has 1 heterocycles. The summed E-state index contributed by atoms with van der Waals surface area (Å²) >= 11 is 1.93. The SMILES string of the molecule is CCSCCCn1cc(C(O)CC)nn1. The Kier molecular flexibility index (Phi) is 5.71. The minimum Gasteiger partial charge on any atom is -0.387 e. The van der Waals surface area contributed by atoms with Crippen molar-refractivity contribution < 1.29 is 5.11 Å². The number of aromatic nitrogens is 3. The minimum atomic E-state index is -0.469. The Morgan fingerprint density at radius 1 is 1.53 bits per heavy atom. The summed E-state index contributed by atoms with van der Waals surface area (Å²) < 4.78 is 1.81. The molecule has 1 atom stereocenters. The molecule has 0 fully saturated rings. The van der Waals surface area contributed by atoms with E-state index in [0.717, 1.165) is 24.5 Å². The molecule has 0 saturated heterocycles. The molecule has 1 unspecified atom stereocenters. The maximum absolute atomic E-state index is 9.53. The van der Waals surface area contributed by atoms with E-state index in [1.165, 1.54) is 0 Å². The zero-order chi connectivity index (χ0) is 11.1. The lowest BCUT2D eigenvalue weighted by molar-refractivity contribution is 0.168. The van der Waals surface area contributed by atoms with E-state index in [1.54, 1.807) is 0 Å². The van der Waals surface area contributed by atoms with Crippen molar-refractivity contribution in [3.8, 4) is 0 Å². The van der Waals surface area contributed by atoms with Gasteiger partial charge in [-0.3, -0.25) is 4.68 Å². The summed E-state index contributed by atoms with van der Waals surface area (Å²) in [6.07, 6.45) is 3.15. The average molecular weight is 229 g/mol. The molecular weight excluding hydrogens is 210 g/mol. The minimum absolute atomic E-state index is 0.469. The highest BCUT2D eigenvalue weighted by molar-refractivity contribution is 7.99. The van der Waals surface area contributed by atoms with Gasteiger partial charge in [-0.2, -0.15) is 11.8 Å². The predicted octanol–water partition coefficient (Wildman–Crippen LogP) is 1.86. The van der Waals surface area contributed by atoms with Gasteiger partial charge < -0.3 is 5.11 Å². The number of rotatable bonds is 7. The van der Waals surface area contributed by atoms with E-state index in [2.05, 4.69) is 17.2 Å². The molecule has 1 aromatic heterocycles. The standard InChI is InChI=1S/C10H19N3OS/c1-3-10(14)9-8-13(12-11-9)6-5-7-15-4-2/h8,10,14H,3-7H2,1-2H3. The van der Waals surface area contributed by atoms with Crippen LogP contribution in [0.2, 0.25) is 0 Å². The number of aliphatic hydroxyl groups is 1. The van der Waals surface area contributed by atoms with Crippen LogP contribution in [0.15, 0.2) is 6.20 Å². The summed E-state index contributed by atoms with van der Waals surface area (Å²) in [5.74, 6) is 2.32. The molecule has 0 saturated carbocycles. The third kappa shape index (κ3) is 4.22. The Bertz CT molecular complexity index is 277. The molecule has 0 aliphatic carbocycles.